The van der Waals surface area contributed by atoms with E-state index in [-0.39, 0.29) is 18.0 Å². The molecule has 1 saturated heterocycles. The van der Waals surface area contributed by atoms with Crippen LogP contribution in [0.1, 0.15) is 49.7 Å². The maximum Gasteiger partial charge on any atom is 0.410 e. The van der Waals surface area contributed by atoms with Crippen molar-refractivity contribution in [2.75, 3.05) is 26.2 Å². The average Bonchev–Trinajstić information content (AvgIpc) is 2.53. The number of carbonyl (C=O) groups excluding carboxylic acids is 2. The molecule has 1 fully saturated rings. The maximum atomic E-state index is 12.5. The molecule has 2 N–H and O–H groups in total. The van der Waals surface area contributed by atoms with Gasteiger partial charge in [-0.05, 0) is 45.4 Å². The number of hydrogen-bond donors (Lipinski definition) is 2. The minimum Gasteiger partial charge on any atom is -0.444 e. The molecule has 0 aromatic heterocycles. The van der Waals surface area contributed by atoms with Crippen molar-refractivity contribution in [1.82, 2.24) is 15.5 Å². The van der Waals surface area contributed by atoms with Gasteiger partial charge in [-0.1, -0.05) is 12.1 Å². The summed E-state index contributed by atoms with van der Waals surface area (Å²) in [5.74, 6) is -0.105. The molecule has 2 amide bonds. The Morgan fingerprint density at radius 3 is 2.79 bits per heavy atom. The number of piperazine rings is 1. The van der Waals surface area contributed by atoms with Gasteiger partial charge in [0.25, 0.3) is 5.91 Å². The zero-order valence-electron chi connectivity index (χ0n) is 14.9. The second-order valence-electron chi connectivity index (χ2n) is 6.88. The third-order valence-electron chi connectivity index (χ3n) is 3.74. The number of carbonyl (C=O) groups is 2. The van der Waals surface area contributed by atoms with Gasteiger partial charge < -0.3 is 15.4 Å². The lowest BCUT2D eigenvalue weighted by molar-refractivity contribution is 0.0118. The third-order valence-corrected chi connectivity index (χ3v) is 3.74. The van der Waals surface area contributed by atoms with Crippen LogP contribution < -0.4 is 10.6 Å². The first kappa shape index (κ1) is 18.3. The van der Waals surface area contributed by atoms with E-state index in [1.54, 1.807) is 11.0 Å². The topological polar surface area (TPSA) is 70.7 Å². The standard InChI is InChI=1S/C18H27N3O3/c1-5-20-16(22)14-8-6-7-13(11-14)15-12-19-9-10-21(15)17(23)24-18(2,3)4/h6-8,11,15,19H,5,9-10,12H2,1-4H3,(H,20,22). The van der Waals surface area contributed by atoms with E-state index in [9.17, 15) is 9.59 Å². The van der Waals surface area contributed by atoms with Crippen LogP contribution in [0.4, 0.5) is 4.79 Å². The average molecular weight is 333 g/mol. The van der Waals surface area contributed by atoms with Crippen molar-refractivity contribution >= 4 is 12.0 Å². The van der Waals surface area contributed by atoms with E-state index in [0.717, 1.165) is 12.1 Å². The first-order valence-corrected chi connectivity index (χ1v) is 8.40. The Hall–Kier alpha value is -2.08. The van der Waals surface area contributed by atoms with E-state index in [2.05, 4.69) is 10.6 Å². The number of amides is 2. The zero-order valence-corrected chi connectivity index (χ0v) is 14.9. The van der Waals surface area contributed by atoms with Crippen molar-refractivity contribution < 1.29 is 14.3 Å². The van der Waals surface area contributed by atoms with E-state index < -0.39 is 5.60 Å². The first-order valence-electron chi connectivity index (χ1n) is 8.40. The van der Waals surface area contributed by atoms with E-state index in [1.165, 1.54) is 0 Å². The first-order chi connectivity index (χ1) is 11.3. The summed E-state index contributed by atoms with van der Waals surface area (Å²) in [6, 6.07) is 7.27. The van der Waals surface area contributed by atoms with Gasteiger partial charge in [-0.25, -0.2) is 4.79 Å². The molecule has 1 heterocycles. The minimum atomic E-state index is -0.532. The molecule has 0 aliphatic carbocycles. The fourth-order valence-corrected chi connectivity index (χ4v) is 2.69. The number of rotatable bonds is 3. The normalized spacial score (nSPS) is 18.2. The van der Waals surface area contributed by atoms with Crippen LogP contribution in [0.2, 0.25) is 0 Å². The summed E-state index contributed by atoms with van der Waals surface area (Å²) in [4.78, 5) is 26.3. The van der Waals surface area contributed by atoms with Crippen LogP contribution in [-0.2, 0) is 4.74 Å². The summed E-state index contributed by atoms with van der Waals surface area (Å²) in [6.07, 6.45) is -0.322. The highest BCUT2D eigenvalue weighted by atomic mass is 16.6. The van der Waals surface area contributed by atoms with Crippen LogP contribution in [0, 0.1) is 0 Å². The highest BCUT2D eigenvalue weighted by molar-refractivity contribution is 5.94. The van der Waals surface area contributed by atoms with Gasteiger partial charge in [-0.15, -0.1) is 0 Å². The Bertz CT molecular complexity index is 595. The van der Waals surface area contributed by atoms with Gasteiger partial charge in [0, 0.05) is 31.7 Å². The van der Waals surface area contributed by atoms with E-state index in [1.807, 2.05) is 45.9 Å². The molecular formula is C18H27N3O3. The second kappa shape index (κ2) is 7.66. The number of ether oxygens (including phenoxy) is 1. The molecule has 24 heavy (non-hydrogen) atoms. The van der Waals surface area contributed by atoms with E-state index in [0.29, 0.717) is 25.2 Å². The smallest absolute Gasteiger partial charge is 0.410 e. The lowest BCUT2D eigenvalue weighted by Crippen LogP contribution is -2.50. The van der Waals surface area contributed by atoms with Crippen LogP contribution >= 0.6 is 0 Å². The lowest BCUT2D eigenvalue weighted by atomic mass is 10.0. The Labute approximate surface area is 143 Å². The van der Waals surface area contributed by atoms with Crippen LogP contribution in [-0.4, -0.2) is 48.7 Å². The Kier molecular flexibility index (Phi) is 5.83. The summed E-state index contributed by atoms with van der Waals surface area (Å²) in [5, 5.41) is 6.10. The monoisotopic (exact) mass is 333 g/mol. The molecule has 6 nitrogen and oxygen atoms in total. The van der Waals surface area contributed by atoms with Crippen molar-refractivity contribution in [2.45, 2.75) is 39.3 Å². The molecule has 1 aliphatic rings. The number of nitrogens with one attached hydrogen (secondary N) is 2. The molecule has 1 atom stereocenters. The molecule has 1 aromatic carbocycles. The molecule has 0 bridgehead atoms. The molecule has 0 saturated carbocycles. The quantitative estimate of drug-likeness (QED) is 0.890. The van der Waals surface area contributed by atoms with Crippen molar-refractivity contribution in [2.24, 2.45) is 0 Å². The van der Waals surface area contributed by atoms with Crippen molar-refractivity contribution in [3.05, 3.63) is 35.4 Å². The van der Waals surface area contributed by atoms with Gasteiger partial charge in [0.1, 0.15) is 5.60 Å². The molecular weight excluding hydrogens is 306 g/mol. The van der Waals surface area contributed by atoms with Crippen molar-refractivity contribution in [3.63, 3.8) is 0 Å². The molecule has 2 rings (SSSR count). The largest absolute Gasteiger partial charge is 0.444 e. The Morgan fingerprint density at radius 2 is 2.12 bits per heavy atom. The summed E-state index contributed by atoms with van der Waals surface area (Å²) in [5.41, 5.74) is 0.996. The molecule has 0 radical (unpaired) electrons. The summed E-state index contributed by atoms with van der Waals surface area (Å²) >= 11 is 0. The van der Waals surface area contributed by atoms with Crippen LogP contribution in [0.5, 0.6) is 0 Å². The van der Waals surface area contributed by atoms with Crippen LogP contribution in [0.15, 0.2) is 24.3 Å². The third kappa shape index (κ3) is 4.71. The molecule has 6 heteroatoms. The fourth-order valence-electron chi connectivity index (χ4n) is 2.69. The van der Waals surface area contributed by atoms with Gasteiger partial charge >= 0.3 is 6.09 Å². The molecule has 0 spiro atoms. The number of benzene rings is 1. The highest BCUT2D eigenvalue weighted by Crippen LogP contribution is 2.25. The van der Waals surface area contributed by atoms with Crippen molar-refractivity contribution in [3.8, 4) is 0 Å². The SMILES string of the molecule is CCNC(=O)c1cccc(C2CNCCN2C(=O)OC(C)(C)C)c1. The van der Waals surface area contributed by atoms with Crippen LogP contribution in [0.25, 0.3) is 0 Å². The molecule has 1 aliphatic heterocycles. The van der Waals surface area contributed by atoms with Gasteiger partial charge in [0.2, 0.25) is 0 Å². The second-order valence-corrected chi connectivity index (χ2v) is 6.88. The summed E-state index contributed by atoms with van der Waals surface area (Å²) in [6.45, 7) is 9.98. The molecule has 132 valence electrons. The number of hydrogen-bond acceptors (Lipinski definition) is 4. The van der Waals surface area contributed by atoms with E-state index in [4.69, 9.17) is 4.74 Å². The predicted octanol–water partition coefficient (Wildman–Crippen LogP) is 2.32. The fraction of sp³-hybridized carbons (Fsp3) is 0.556. The van der Waals surface area contributed by atoms with E-state index >= 15 is 0 Å². The minimum absolute atomic E-state index is 0.105. The predicted molar refractivity (Wildman–Crippen MR) is 93.0 cm³/mol. The maximum absolute atomic E-state index is 12.5. The Morgan fingerprint density at radius 1 is 1.38 bits per heavy atom. The van der Waals surface area contributed by atoms with Crippen molar-refractivity contribution in [1.29, 1.82) is 0 Å². The van der Waals surface area contributed by atoms with Gasteiger partial charge in [0.05, 0.1) is 6.04 Å². The molecule has 1 unspecified atom stereocenters. The van der Waals surface area contributed by atoms with Gasteiger partial charge in [-0.2, -0.15) is 0 Å². The lowest BCUT2D eigenvalue weighted by Gasteiger charge is -2.37. The molecule has 1 aromatic rings. The van der Waals surface area contributed by atoms with Crippen LogP contribution in [0.3, 0.4) is 0 Å². The van der Waals surface area contributed by atoms with Gasteiger partial charge in [0.15, 0.2) is 0 Å². The summed E-state index contributed by atoms with van der Waals surface area (Å²) in [7, 11) is 0. The van der Waals surface area contributed by atoms with Gasteiger partial charge in [-0.3, -0.25) is 9.69 Å². The summed E-state index contributed by atoms with van der Waals surface area (Å²) < 4.78 is 5.53. The highest BCUT2D eigenvalue weighted by Gasteiger charge is 2.31. The Balaban J connectivity index is 2.22. The number of nitrogens with zero attached hydrogens (tertiary/aromatic N) is 1. The zero-order chi connectivity index (χ0) is 17.7.